The van der Waals surface area contributed by atoms with Crippen LogP contribution < -0.4 is 14.8 Å². The van der Waals surface area contributed by atoms with Gasteiger partial charge in [-0.15, -0.1) is 0 Å². The van der Waals surface area contributed by atoms with Crippen molar-refractivity contribution in [1.29, 1.82) is 0 Å². The molecule has 0 spiro atoms. The average Bonchev–Trinajstić information content (AvgIpc) is 3.21. The number of amides is 1. The molecular weight excluding hydrogens is 390 g/mol. The number of benzene rings is 3. The van der Waals surface area contributed by atoms with E-state index in [2.05, 4.69) is 28.3 Å². The second-order valence-corrected chi connectivity index (χ2v) is 7.12. The molecule has 1 amide bonds. The van der Waals surface area contributed by atoms with Crippen molar-refractivity contribution >= 4 is 28.7 Å². The summed E-state index contributed by atoms with van der Waals surface area (Å²) in [6.45, 7) is 2.05. The van der Waals surface area contributed by atoms with Crippen LogP contribution in [0.5, 0.6) is 11.5 Å². The molecule has 0 radical (unpaired) electrons. The van der Waals surface area contributed by atoms with Crippen LogP contribution in [0.25, 0.3) is 28.5 Å². The van der Waals surface area contributed by atoms with Gasteiger partial charge < -0.3 is 19.8 Å². The zero-order valence-corrected chi connectivity index (χ0v) is 17.6. The van der Waals surface area contributed by atoms with E-state index in [0.29, 0.717) is 17.2 Å². The molecule has 1 heterocycles. The highest BCUT2D eigenvalue weighted by atomic mass is 16.5. The average molecular weight is 413 g/mol. The van der Waals surface area contributed by atoms with Crippen molar-refractivity contribution in [2.75, 3.05) is 19.5 Å². The summed E-state index contributed by atoms with van der Waals surface area (Å²) in [4.78, 5) is 20.3. The largest absolute Gasteiger partial charge is 0.493 e. The summed E-state index contributed by atoms with van der Waals surface area (Å²) in [5.41, 5.74) is 5.61. The minimum absolute atomic E-state index is 0.221. The number of ether oxygens (including phenoxy) is 2. The maximum absolute atomic E-state index is 12.3. The van der Waals surface area contributed by atoms with Gasteiger partial charge in [0, 0.05) is 17.3 Å². The van der Waals surface area contributed by atoms with E-state index in [1.807, 2.05) is 48.5 Å². The molecule has 3 aromatic carbocycles. The van der Waals surface area contributed by atoms with E-state index < -0.39 is 0 Å². The standard InChI is InChI=1S/C25H23N3O3/c1-16-4-11-20-21(14-16)28-25(27-20)18-7-9-19(10-8-18)26-24(29)13-6-17-5-12-22(30-2)23(15-17)31-3/h4-15H,1-3H3,(H,26,29)(H,27,28)/b13-6-. The summed E-state index contributed by atoms with van der Waals surface area (Å²) >= 11 is 0. The number of nitrogens with one attached hydrogen (secondary N) is 2. The summed E-state index contributed by atoms with van der Waals surface area (Å²) in [6.07, 6.45) is 3.21. The lowest BCUT2D eigenvalue weighted by atomic mass is 10.1. The number of nitrogens with zero attached hydrogens (tertiary/aromatic N) is 1. The van der Waals surface area contributed by atoms with Gasteiger partial charge in [-0.25, -0.2) is 4.98 Å². The van der Waals surface area contributed by atoms with Crippen LogP contribution in [0.4, 0.5) is 5.69 Å². The van der Waals surface area contributed by atoms with E-state index in [-0.39, 0.29) is 5.91 Å². The number of rotatable bonds is 6. The lowest BCUT2D eigenvalue weighted by Gasteiger charge is -2.07. The van der Waals surface area contributed by atoms with Gasteiger partial charge in [0.2, 0.25) is 5.91 Å². The van der Waals surface area contributed by atoms with Crippen molar-refractivity contribution in [3.63, 3.8) is 0 Å². The molecule has 6 heteroatoms. The van der Waals surface area contributed by atoms with E-state index in [1.165, 1.54) is 11.6 Å². The molecular formula is C25H23N3O3. The molecule has 31 heavy (non-hydrogen) atoms. The Morgan fingerprint density at radius 3 is 2.48 bits per heavy atom. The summed E-state index contributed by atoms with van der Waals surface area (Å²) in [6, 6.07) is 19.2. The molecule has 1 aromatic heterocycles. The van der Waals surface area contributed by atoms with Crippen molar-refractivity contribution in [3.05, 3.63) is 77.9 Å². The predicted octanol–water partition coefficient (Wildman–Crippen LogP) is 5.21. The molecule has 0 aliphatic heterocycles. The molecule has 156 valence electrons. The SMILES string of the molecule is COc1ccc(/C=C\C(=O)Nc2ccc(-c3nc4ccc(C)cc4[nH]3)cc2)cc1OC. The fourth-order valence-corrected chi connectivity index (χ4v) is 3.28. The second-order valence-electron chi connectivity index (χ2n) is 7.12. The molecule has 0 bridgehead atoms. The maximum atomic E-state index is 12.3. The molecule has 6 nitrogen and oxygen atoms in total. The first kappa shape index (κ1) is 20.2. The zero-order valence-electron chi connectivity index (χ0n) is 17.6. The Morgan fingerprint density at radius 2 is 1.74 bits per heavy atom. The molecule has 0 saturated heterocycles. The Kier molecular flexibility index (Phi) is 5.71. The summed E-state index contributed by atoms with van der Waals surface area (Å²) in [7, 11) is 3.16. The molecule has 2 N–H and O–H groups in total. The van der Waals surface area contributed by atoms with Crippen LogP contribution in [0.2, 0.25) is 0 Å². The van der Waals surface area contributed by atoms with Gasteiger partial charge in [0.05, 0.1) is 25.3 Å². The van der Waals surface area contributed by atoms with E-state index in [9.17, 15) is 4.79 Å². The number of anilines is 1. The topological polar surface area (TPSA) is 76.2 Å². The van der Waals surface area contributed by atoms with Crippen LogP contribution in [-0.4, -0.2) is 30.1 Å². The van der Waals surface area contributed by atoms with E-state index in [0.717, 1.165) is 28.0 Å². The number of imidazole rings is 1. The Hall–Kier alpha value is -4.06. The van der Waals surface area contributed by atoms with Crippen LogP contribution in [-0.2, 0) is 4.79 Å². The Morgan fingerprint density at radius 1 is 0.968 bits per heavy atom. The number of fused-ring (bicyclic) bond motifs is 1. The third-order valence-electron chi connectivity index (χ3n) is 4.90. The zero-order chi connectivity index (χ0) is 21.8. The fraction of sp³-hybridized carbons (Fsp3) is 0.120. The van der Waals surface area contributed by atoms with E-state index >= 15 is 0 Å². The van der Waals surface area contributed by atoms with Crippen molar-refractivity contribution in [1.82, 2.24) is 9.97 Å². The lowest BCUT2D eigenvalue weighted by molar-refractivity contribution is -0.111. The minimum atomic E-state index is -0.221. The van der Waals surface area contributed by atoms with Crippen LogP contribution in [0.3, 0.4) is 0 Å². The highest BCUT2D eigenvalue weighted by molar-refractivity contribution is 6.02. The monoisotopic (exact) mass is 413 g/mol. The fourth-order valence-electron chi connectivity index (χ4n) is 3.28. The minimum Gasteiger partial charge on any atom is -0.493 e. The quantitative estimate of drug-likeness (QED) is 0.426. The van der Waals surface area contributed by atoms with Gasteiger partial charge in [-0.1, -0.05) is 12.1 Å². The molecule has 0 unspecified atom stereocenters. The van der Waals surface area contributed by atoms with Crippen molar-refractivity contribution < 1.29 is 14.3 Å². The van der Waals surface area contributed by atoms with Crippen LogP contribution in [0.15, 0.2) is 66.7 Å². The molecule has 0 aliphatic carbocycles. The summed E-state index contributed by atoms with van der Waals surface area (Å²) < 4.78 is 10.5. The van der Waals surface area contributed by atoms with Crippen LogP contribution >= 0.6 is 0 Å². The second kappa shape index (κ2) is 8.75. The normalized spacial score (nSPS) is 11.1. The summed E-state index contributed by atoms with van der Waals surface area (Å²) in [5.74, 6) is 1.83. The van der Waals surface area contributed by atoms with Gasteiger partial charge in [-0.2, -0.15) is 0 Å². The van der Waals surface area contributed by atoms with Crippen molar-refractivity contribution in [3.8, 4) is 22.9 Å². The highest BCUT2D eigenvalue weighted by Crippen LogP contribution is 2.28. The predicted molar refractivity (Wildman–Crippen MR) is 123 cm³/mol. The molecule has 4 aromatic rings. The number of carbonyl (C=O) groups excluding carboxylic acids is 1. The Bertz CT molecular complexity index is 1260. The first-order chi connectivity index (χ1) is 15.1. The first-order valence-corrected chi connectivity index (χ1v) is 9.83. The highest BCUT2D eigenvalue weighted by Gasteiger charge is 2.07. The number of H-pyrrole nitrogens is 1. The van der Waals surface area contributed by atoms with Gasteiger partial charge in [-0.05, 0) is 72.7 Å². The number of aryl methyl sites for hydroxylation is 1. The number of hydrogen-bond donors (Lipinski definition) is 2. The van der Waals surface area contributed by atoms with Crippen molar-refractivity contribution in [2.24, 2.45) is 0 Å². The van der Waals surface area contributed by atoms with E-state index in [4.69, 9.17) is 9.47 Å². The third-order valence-corrected chi connectivity index (χ3v) is 4.90. The molecule has 0 atom stereocenters. The third kappa shape index (κ3) is 4.59. The Balaban J connectivity index is 1.43. The molecule has 0 fully saturated rings. The van der Waals surface area contributed by atoms with Gasteiger partial charge in [0.25, 0.3) is 0 Å². The number of hydrogen-bond acceptors (Lipinski definition) is 4. The smallest absolute Gasteiger partial charge is 0.248 e. The van der Waals surface area contributed by atoms with E-state index in [1.54, 1.807) is 26.4 Å². The number of carbonyl (C=O) groups is 1. The molecule has 0 aliphatic rings. The molecule has 0 saturated carbocycles. The maximum Gasteiger partial charge on any atom is 0.248 e. The van der Waals surface area contributed by atoms with Gasteiger partial charge in [-0.3, -0.25) is 4.79 Å². The lowest BCUT2D eigenvalue weighted by Crippen LogP contribution is -2.07. The first-order valence-electron chi connectivity index (χ1n) is 9.83. The van der Waals surface area contributed by atoms with Gasteiger partial charge in [0.15, 0.2) is 11.5 Å². The van der Waals surface area contributed by atoms with Crippen molar-refractivity contribution in [2.45, 2.75) is 6.92 Å². The number of aromatic nitrogens is 2. The van der Waals surface area contributed by atoms with Crippen LogP contribution in [0.1, 0.15) is 11.1 Å². The number of methoxy groups -OCH3 is 2. The van der Waals surface area contributed by atoms with Crippen LogP contribution in [0, 0.1) is 6.92 Å². The van der Waals surface area contributed by atoms with Gasteiger partial charge in [0.1, 0.15) is 5.82 Å². The summed E-state index contributed by atoms with van der Waals surface area (Å²) in [5, 5.41) is 2.86. The van der Waals surface area contributed by atoms with Gasteiger partial charge >= 0.3 is 0 Å². The molecule has 4 rings (SSSR count). The Labute approximate surface area is 180 Å². The number of aromatic amines is 1.